The average Bonchev–Trinajstić information content (AvgIpc) is 3.51. The minimum Gasteiger partial charge on any atom is -0.396 e. The van der Waals surface area contributed by atoms with Crippen LogP contribution in [0.5, 0.6) is 0 Å². The van der Waals surface area contributed by atoms with Crippen LogP contribution in [0.15, 0.2) is 65.7 Å². The van der Waals surface area contributed by atoms with Gasteiger partial charge in [0.2, 0.25) is 5.91 Å². The molecule has 1 saturated heterocycles. The second-order valence-electron chi connectivity index (χ2n) is 9.78. The molecule has 4 atom stereocenters. The van der Waals surface area contributed by atoms with E-state index in [0.717, 1.165) is 24.1 Å². The fraction of sp³-hybridized carbons (Fsp3) is 0.370. The van der Waals surface area contributed by atoms with Crippen LogP contribution in [0.4, 0.5) is 0 Å². The minimum absolute atomic E-state index is 0.00312. The predicted molar refractivity (Wildman–Crippen MR) is 128 cm³/mol. The van der Waals surface area contributed by atoms with Crippen LogP contribution in [-0.2, 0) is 24.2 Å². The summed E-state index contributed by atoms with van der Waals surface area (Å²) in [7, 11) is 1.94. The Hall–Kier alpha value is -3.29. The van der Waals surface area contributed by atoms with Gasteiger partial charge in [-0.3, -0.25) is 19.5 Å². The van der Waals surface area contributed by atoms with Crippen LogP contribution in [-0.4, -0.2) is 51.2 Å². The van der Waals surface area contributed by atoms with E-state index in [0.29, 0.717) is 12.1 Å². The third-order valence-corrected chi connectivity index (χ3v) is 7.99. The SMILES string of the molecule is CN1[C@@H]2c3ccc(-c4cccnc4)c(=O)n3C[C@@H]2[C@@H](CO)[C@@H]1C(=O)NC1Cc2ccccc2C1. The third-order valence-electron chi connectivity index (χ3n) is 7.99. The molecule has 1 amide bonds. The first-order valence-corrected chi connectivity index (χ1v) is 11.9. The lowest BCUT2D eigenvalue weighted by molar-refractivity contribution is -0.127. The highest BCUT2D eigenvalue weighted by Gasteiger charge is 2.54. The molecule has 0 unspecified atom stereocenters. The molecule has 6 rings (SSSR count). The van der Waals surface area contributed by atoms with Crippen molar-refractivity contribution >= 4 is 5.91 Å². The lowest BCUT2D eigenvalue weighted by Gasteiger charge is -2.28. The summed E-state index contributed by atoms with van der Waals surface area (Å²) in [4.78, 5) is 33.0. The maximum Gasteiger partial charge on any atom is 0.258 e. The maximum absolute atomic E-state index is 13.4. The van der Waals surface area contributed by atoms with Gasteiger partial charge in [-0.15, -0.1) is 0 Å². The number of nitrogens with zero attached hydrogens (tertiary/aromatic N) is 3. The third kappa shape index (κ3) is 3.22. The molecule has 34 heavy (non-hydrogen) atoms. The van der Waals surface area contributed by atoms with Crippen LogP contribution in [0.2, 0.25) is 0 Å². The van der Waals surface area contributed by atoms with Crippen LogP contribution >= 0.6 is 0 Å². The van der Waals surface area contributed by atoms with E-state index in [9.17, 15) is 14.7 Å². The van der Waals surface area contributed by atoms with Crippen molar-refractivity contribution < 1.29 is 9.90 Å². The number of likely N-dealkylation sites (tertiary alicyclic amines) is 1. The van der Waals surface area contributed by atoms with Gasteiger partial charge in [-0.2, -0.15) is 0 Å². The predicted octanol–water partition coefficient (Wildman–Crippen LogP) is 1.79. The van der Waals surface area contributed by atoms with Gasteiger partial charge in [-0.25, -0.2) is 0 Å². The molecule has 7 heteroatoms. The number of nitrogens with one attached hydrogen (secondary N) is 1. The maximum atomic E-state index is 13.4. The summed E-state index contributed by atoms with van der Waals surface area (Å²) in [5, 5.41) is 13.6. The van der Waals surface area contributed by atoms with E-state index in [1.54, 1.807) is 12.4 Å². The highest BCUT2D eigenvalue weighted by Crippen LogP contribution is 2.48. The smallest absolute Gasteiger partial charge is 0.258 e. The Morgan fingerprint density at radius 1 is 1.12 bits per heavy atom. The Kier molecular flexibility index (Phi) is 5.12. The Bertz CT molecular complexity index is 1280. The normalized spacial score (nSPS) is 25.7. The Labute approximate surface area is 198 Å². The number of likely N-dealkylation sites (N-methyl/N-ethyl adjacent to an activating group) is 1. The molecule has 1 fully saturated rings. The van der Waals surface area contributed by atoms with Crippen molar-refractivity contribution in [2.45, 2.75) is 37.5 Å². The number of aromatic nitrogens is 2. The van der Waals surface area contributed by atoms with Gasteiger partial charge >= 0.3 is 0 Å². The van der Waals surface area contributed by atoms with Crippen molar-refractivity contribution in [1.29, 1.82) is 0 Å². The number of hydrogen-bond acceptors (Lipinski definition) is 5. The zero-order valence-electron chi connectivity index (χ0n) is 19.1. The number of fused-ring (bicyclic) bond motifs is 4. The van der Waals surface area contributed by atoms with Gasteiger partial charge in [0.05, 0.1) is 12.1 Å². The van der Waals surface area contributed by atoms with Crippen LogP contribution in [0.25, 0.3) is 11.1 Å². The Balaban J connectivity index is 1.26. The van der Waals surface area contributed by atoms with E-state index < -0.39 is 6.04 Å². The molecule has 2 aromatic heterocycles. The summed E-state index contributed by atoms with van der Waals surface area (Å²) < 4.78 is 1.82. The molecule has 0 bridgehead atoms. The molecular formula is C27H28N4O3. The molecule has 1 aromatic carbocycles. The monoisotopic (exact) mass is 456 g/mol. The fourth-order valence-corrected chi connectivity index (χ4v) is 6.46. The molecule has 3 aromatic rings. The molecule has 2 aliphatic heterocycles. The van der Waals surface area contributed by atoms with E-state index in [1.165, 1.54) is 11.1 Å². The first-order chi connectivity index (χ1) is 16.6. The quantitative estimate of drug-likeness (QED) is 0.625. The Morgan fingerprint density at radius 3 is 2.56 bits per heavy atom. The summed E-state index contributed by atoms with van der Waals surface area (Å²) >= 11 is 0. The summed E-state index contributed by atoms with van der Waals surface area (Å²) in [6.07, 6.45) is 5.06. The second kappa shape index (κ2) is 8.18. The molecule has 0 saturated carbocycles. The first-order valence-electron chi connectivity index (χ1n) is 11.9. The van der Waals surface area contributed by atoms with Crippen molar-refractivity contribution in [3.8, 4) is 11.1 Å². The van der Waals surface area contributed by atoms with Crippen LogP contribution in [0.3, 0.4) is 0 Å². The van der Waals surface area contributed by atoms with Gasteiger partial charge in [0.25, 0.3) is 5.56 Å². The highest BCUT2D eigenvalue weighted by atomic mass is 16.3. The molecule has 3 aliphatic rings. The van der Waals surface area contributed by atoms with E-state index in [2.05, 4.69) is 27.3 Å². The topological polar surface area (TPSA) is 87.5 Å². The van der Waals surface area contributed by atoms with Crippen LogP contribution in [0.1, 0.15) is 22.9 Å². The molecule has 0 radical (unpaired) electrons. The summed E-state index contributed by atoms with van der Waals surface area (Å²) in [5.41, 5.74) is 4.86. The number of benzene rings is 1. The second-order valence-corrected chi connectivity index (χ2v) is 9.78. The summed E-state index contributed by atoms with van der Waals surface area (Å²) in [6.45, 7) is 0.411. The number of carbonyl (C=O) groups excluding carboxylic acids is 1. The number of amides is 1. The minimum atomic E-state index is -0.425. The van der Waals surface area contributed by atoms with Gasteiger partial charge in [-0.1, -0.05) is 30.3 Å². The fourth-order valence-electron chi connectivity index (χ4n) is 6.46. The largest absolute Gasteiger partial charge is 0.396 e. The van der Waals surface area contributed by atoms with Gasteiger partial charge in [0.15, 0.2) is 0 Å². The van der Waals surface area contributed by atoms with Gasteiger partial charge < -0.3 is 15.0 Å². The molecule has 174 valence electrons. The number of rotatable bonds is 4. The number of hydrogen-bond donors (Lipinski definition) is 2. The Morgan fingerprint density at radius 2 is 1.88 bits per heavy atom. The van der Waals surface area contributed by atoms with E-state index >= 15 is 0 Å². The number of carbonyl (C=O) groups is 1. The van der Waals surface area contributed by atoms with Crippen LogP contribution < -0.4 is 10.9 Å². The van der Waals surface area contributed by atoms with Gasteiger partial charge in [-0.05, 0) is 49.2 Å². The lowest BCUT2D eigenvalue weighted by atomic mass is 9.88. The van der Waals surface area contributed by atoms with E-state index in [4.69, 9.17) is 0 Å². The summed E-state index contributed by atoms with van der Waals surface area (Å²) in [5.74, 6) is -0.266. The number of aliphatic hydroxyl groups is 1. The van der Waals surface area contributed by atoms with E-state index in [1.807, 2.05) is 48.0 Å². The molecular weight excluding hydrogens is 428 g/mol. The lowest BCUT2D eigenvalue weighted by Crippen LogP contribution is -2.50. The van der Waals surface area contributed by atoms with Crippen molar-refractivity contribution in [2.24, 2.45) is 11.8 Å². The van der Waals surface area contributed by atoms with Crippen molar-refractivity contribution in [3.05, 3.63) is 88.1 Å². The van der Waals surface area contributed by atoms with Crippen molar-refractivity contribution in [2.75, 3.05) is 13.7 Å². The van der Waals surface area contributed by atoms with E-state index in [-0.39, 0.29) is 42.0 Å². The van der Waals surface area contributed by atoms with Gasteiger partial charge in [0.1, 0.15) is 0 Å². The van der Waals surface area contributed by atoms with Crippen LogP contribution in [0, 0.1) is 11.8 Å². The highest BCUT2D eigenvalue weighted by molar-refractivity contribution is 5.83. The standard InChI is InChI=1S/C27H28N4O3/c1-30-24-21(14-31-23(24)9-8-20(27(31)34)18-7-4-10-28-13-18)22(15-32)25(30)26(33)29-19-11-16-5-2-3-6-17(16)12-19/h2-10,13,19,21-22,24-25,32H,11-12,14-15H2,1H3,(H,29,33)/t21-,22-,24+,25-/m1/s1. The van der Waals surface area contributed by atoms with Crippen molar-refractivity contribution in [1.82, 2.24) is 19.8 Å². The number of pyridine rings is 2. The zero-order chi connectivity index (χ0) is 23.4. The number of aliphatic hydroxyl groups excluding tert-OH is 1. The molecule has 0 spiro atoms. The molecule has 2 N–H and O–H groups in total. The molecule has 1 aliphatic carbocycles. The average molecular weight is 457 g/mol. The van der Waals surface area contributed by atoms with Gasteiger partial charge in [0, 0.05) is 60.2 Å². The van der Waals surface area contributed by atoms with Crippen molar-refractivity contribution in [3.63, 3.8) is 0 Å². The molecule has 4 heterocycles. The zero-order valence-corrected chi connectivity index (χ0v) is 19.1. The first kappa shape index (κ1) is 21.3. The molecule has 7 nitrogen and oxygen atoms in total. The summed E-state index contributed by atoms with van der Waals surface area (Å²) in [6, 6.07) is 15.5.